The van der Waals surface area contributed by atoms with Crippen LogP contribution in [0.1, 0.15) is 17.7 Å². The van der Waals surface area contributed by atoms with Crippen LogP contribution >= 0.6 is 23.4 Å². The number of benzene rings is 1. The van der Waals surface area contributed by atoms with E-state index in [1.165, 1.54) is 5.56 Å². The number of carbonyl (C=O) groups is 1. The molecule has 0 aromatic heterocycles. The lowest BCUT2D eigenvalue weighted by molar-refractivity contribution is -0.118. The molecule has 82 valence electrons. The maximum atomic E-state index is 11.0. The molecule has 0 saturated heterocycles. The smallest absolute Gasteiger partial charge is 0.229 e. The normalized spacial score (nSPS) is 12.2. The summed E-state index contributed by atoms with van der Waals surface area (Å²) in [6.07, 6.45) is 0. The van der Waals surface area contributed by atoms with Crippen LogP contribution in [0.2, 0.25) is 5.02 Å². The molecule has 1 aromatic rings. The third kappa shape index (κ3) is 4.14. The van der Waals surface area contributed by atoms with Crippen LogP contribution in [0.5, 0.6) is 0 Å². The van der Waals surface area contributed by atoms with Gasteiger partial charge in [-0.1, -0.05) is 23.7 Å². The summed E-state index contributed by atoms with van der Waals surface area (Å²) < 4.78 is 0. The SMILES string of the molecule is CNC(=O)CS[C@H](C)c1ccc(Cl)cc1. The Hall–Kier alpha value is -0.670. The lowest BCUT2D eigenvalue weighted by Crippen LogP contribution is -2.20. The standard InChI is InChI=1S/C11H14ClNOS/c1-8(15-7-11(14)13-2)9-3-5-10(12)6-4-9/h3-6,8H,7H2,1-2H3,(H,13,14)/t8-/m1/s1. The van der Waals surface area contributed by atoms with Gasteiger partial charge in [-0.25, -0.2) is 0 Å². The summed E-state index contributed by atoms with van der Waals surface area (Å²) in [4.78, 5) is 11.0. The van der Waals surface area contributed by atoms with Crippen molar-refractivity contribution in [3.05, 3.63) is 34.9 Å². The zero-order chi connectivity index (χ0) is 11.3. The van der Waals surface area contributed by atoms with Crippen LogP contribution in [0.15, 0.2) is 24.3 Å². The zero-order valence-electron chi connectivity index (χ0n) is 8.79. The summed E-state index contributed by atoms with van der Waals surface area (Å²) in [7, 11) is 1.65. The van der Waals surface area contributed by atoms with Crippen molar-refractivity contribution in [2.75, 3.05) is 12.8 Å². The van der Waals surface area contributed by atoms with E-state index in [1.807, 2.05) is 24.3 Å². The number of rotatable bonds is 4. The third-order valence-electron chi connectivity index (χ3n) is 2.08. The van der Waals surface area contributed by atoms with E-state index in [4.69, 9.17) is 11.6 Å². The molecule has 15 heavy (non-hydrogen) atoms. The Bertz CT molecular complexity index is 326. The molecular formula is C11H14ClNOS. The molecule has 1 rings (SSSR count). The van der Waals surface area contributed by atoms with Crippen molar-refractivity contribution in [1.82, 2.24) is 5.32 Å². The highest BCUT2D eigenvalue weighted by atomic mass is 35.5. The van der Waals surface area contributed by atoms with E-state index in [2.05, 4.69) is 12.2 Å². The summed E-state index contributed by atoms with van der Waals surface area (Å²) in [5, 5.41) is 3.64. The minimum Gasteiger partial charge on any atom is -0.358 e. The van der Waals surface area contributed by atoms with E-state index in [0.717, 1.165) is 5.02 Å². The summed E-state index contributed by atoms with van der Waals surface area (Å²) in [6, 6.07) is 7.72. The highest BCUT2D eigenvalue weighted by Gasteiger charge is 2.07. The molecule has 1 aromatic carbocycles. The van der Waals surface area contributed by atoms with Gasteiger partial charge in [0.1, 0.15) is 0 Å². The molecule has 0 aliphatic rings. The van der Waals surface area contributed by atoms with Gasteiger partial charge in [-0.2, -0.15) is 0 Å². The predicted octanol–water partition coefficient (Wildman–Crippen LogP) is 2.88. The van der Waals surface area contributed by atoms with Crippen molar-refractivity contribution >= 4 is 29.3 Å². The van der Waals surface area contributed by atoms with Crippen LogP contribution in [-0.2, 0) is 4.79 Å². The van der Waals surface area contributed by atoms with Gasteiger partial charge >= 0.3 is 0 Å². The van der Waals surface area contributed by atoms with Gasteiger partial charge in [-0.15, -0.1) is 11.8 Å². The Balaban J connectivity index is 2.50. The molecule has 0 radical (unpaired) electrons. The fourth-order valence-corrected chi connectivity index (χ4v) is 2.12. The lowest BCUT2D eigenvalue weighted by atomic mass is 10.2. The average molecular weight is 244 g/mol. The highest BCUT2D eigenvalue weighted by molar-refractivity contribution is 8.00. The van der Waals surface area contributed by atoms with E-state index in [9.17, 15) is 4.79 Å². The Morgan fingerprint density at radius 1 is 1.47 bits per heavy atom. The summed E-state index contributed by atoms with van der Waals surface area (Å²) in [5.41, 5.74) is 1.19. The first-order valence-corrected chi connectivity index (χ1v) is 6.14. The van der Waals surface area contributed by atoms with Crippen LogP contribution in [-0.4, -0.2) is 18.7 Å². The summed E-state index contributed by atoms with van der Waals surface area (Å²) in [5.74, 6) is 0.543. The van der Waals surface area contributed by atoms with E-state index < -0.39 is 0 Å². The van der Waals surface area contributed by atoms with Crippen molar-refractivity contribution in [1.29, 1.82) is 0 Å². The molecule has 1 N–H and O–H groups in total. The van der Waals surface area contributed by atoms with Gasteiger partial charge in [0.25, 0.3) is 0 Å². The molecule has 0 aliphatic carbocycles. The minimum atomic E-state index is 0.0563. The van der Waals surface area contributed by atoms with Gasteiger partial charge in [-0.3, -0.25) is 4.79 Å². The maximum Gasteiger partial charge on any atom is 0.229 e. The van der Waals surface area contributed by atoms with Crippen LogP contribution in [0.4, 0.5) is 0 Å². The number of hydrogen-bond acceptors (Lipinski definition) is 2. The van der Waals surface area contributed by atoms with Crippen molar-refractivity contribution in [2.45, 2.75) is 12.2 Å². The molecular weight excluding hydrogens is 230 g/mol. The molecule has 0 unspecified atom stereocenters. The minimum absolute atomic E-state index is 0.0563. The first-order valence-electron chi connectivity index (χ1n) is 4.71. The monoisotopic (exact) mass is 243 g/mol. The molecule has 0 fully saturated rings. The van der Waals surface area contributed by atoms with Gasteiger partial charge in [-0.05, 0) is 24.6 Å². The summed E-state index contributed by atoms with van der Waals surface area (Å²) >= 11 is 7.41. The van der Waals surface area contributed by atoms with Gasteiger partial charge in [0, 0.05) is 17.3 Å². The number of carbonyl (C=O) groups excluding carboxylic acids is 1. The lowest BCUT2D eigenvalue weighted by Gasteiger charge is -2.10. The second kappa shape index (κ2) is 6.03. The molecule has 1 atom stereocenters. The quantitative estimate of drug-likeness (QED) is 0.881. The van der Waals surface area contributed by atoms with Crippen LogP contribution < -0.4 is 5.32 Å². The topological polar surface area (TPSA) is 29.1 Å². The largest absolute Gasteiger partial charge is 0.358 e. The van der Waals surface area contributed by atoms with E-state index >= 15 is 0 Å². The number of nitrogens with one attached hydrogen (secondary N) is 1. The van der Waals surface area contributed by atoms with Crippen molar-refractivity contribution in [2.24, 2.45) is 0 Å². The number of thioether (sulfide) groups is 1. The van der Waals surface area contributed by atoms with Crippen LogP contribution in [0, 0.1) is 0 Å². The van der Waals surface area contributed by atoms with E-state index in [0.29, 0.717) is 11.0 Å². The third-order valence-corrected chi connectivity index (χ3v) is 3.54. The first-order chi connectivity index (χ1) is 7.13. The van der Waals surface area contributed by atoms with Gasteiger partial charge < -0.3 is 5.32 Å². The Labute approximate surface area is 99.4 Å². The van der Waals surface area contributed by atoms with E-state index in [1.54, 1.807) is 18.8 Å². The maximum absolute atomic E-state index is 11.0. The van der Waals surface area contributed by atoms with Crippen molar-refractivity contribution in [3.8, 4) is 0 Å². The van der Waals surface area contributed by atoms with Crippen LogP contribution in [0.3, 0.4) is 0 Å². The Kier molecular flexibility index (Phi) is 4.99. The van der Waals surface area contributed by atoms with Crippen LogP contribution in [0.25, 0.3) is 0 Å². The molecule has 0 bridgehead atoms. The van der Waals surface area contributed by atoms with Gasteiger partial charge in [0.2, 0.25) is 5.91 Å². The fourth-order valence-electron chi connectivity index (χ4n) is 1.10. The molecule has 0 aliphatic heterocycles. The molecule has 1 amide bonds. The molecule has 4 heteroatoms. The number of hydrogen-bond donors (Lipinski definition) is 1. The first kappa shape index (κ1) is 12.4. The highest BCUT2D eigenvalue weighted by Crippen LogP contribution is 2.28. The number of amides is 1. The molecule has 2 nitrogen and oxygen atoms in total. The predicted molar refractivity (Wildman–Crippen MR) is 66.4 cm³/mol. The van der Waals surface area contributed by atoms with E-state index in [-0.39, 0.29) is 5.91 Å². The second-order valence-electron chi connectivity index (χ2n) is 3.18. The molecule has 0 saturated carbocycles. The van der Waals surface area contributed by atoms with Gasteiger partial charge in [0.15, 0.2) is 0 Å². The van der Waals surface area contributed by atoms with Crippen molar-refractivity contribution in [3.63, 3.8) is 0 Å². The summed E-state index contributed by atoms with van der Waals surface area (Å²) in [6.45, 7) is 2.08. The zero-order valence-corrected chi connectivity index (χ0v) is 10.4. The number of halogens is 1. The molecule has 0 heterocycles. The Morgan fingerprint density at radius 3 is 2.60 bits per heavy atom. The van der Waals surface area contributed by atoms with Crippen molar-refractivity contribution < 1.29 is 4.79 Å². The fraction of sp³-hybridized carbons (Fsp3) is 0.364. The average Bonchev–Trinajstić information content (AvgIpc) is 2.26. The van der Waals surface area contributed by atoms with Gasteiger partial charge in [0.05, 0.1) is 5.75 Å². The second-order valence-corrected chi connectivity index (χ2v) is 4.94. The molecule has 0 spiro atoms. The Morgan fingerprint density at radius 2 is 2.07 bits per heavy atom.